The Morgan fingerprint density at radius 1 is 1.26 bits per heavy atom. The normalized spacial score (nSPS) is 17.1. The number of aryl methyl sites for hydroxylation is 3. The van der Waals surface area contributed by atoms with Gasteiger partial charge in [-0.05, 0) is 44.9 Å². The van der Waals surface area contributed by atoms with Crippen LogP contribution in [0.25, 0.3) is 0 Å². The molecule has 0 saturated carbocycles. The first kappa shape index (κ1) is 15.8. The predicted octanol–water partition coefficient (Wildman–Crippen LogP) is 3.47. The fourth-order valence-electron chi connectivity index (χ4n) is 3.05. The minimum Gasteiger partial charge on any atom is -0.313 e. The van der Waals surface area contributed by atoms with Crippen LogP contribution in [0.3, 0.4) is 0 Å². The van der Waals surface area contributed by atoms with Gasteiger partial charge in [-0.1, -0.05) is 17.7 Å². The van der Waals surface area contributed by atoms with Crippen molar-refractivity contribution >= 4 is 23.3 Å². The van der Waals surface area contributed by atoms with Gasteiger partial charge in [0, 0.05) is 13.1 Å². The molecule has 1 N–H and O–H groups in total. The number of rotatable bonds is 1. The summed E-state index contributed by atoms with van der Waals surface area (Å²) in [6, 6.07) is 3.55. The number of nitrogens with zero attached hydrogens (tertiary/aromatic N) is 4. The van der Waals surface area contributed by atoms with Crippen molar-refractivity contribution in [1.82, 2.24) is 19.7 Å². The molecule has 23 heavy (non-hydrogen) atoms. The molecule has 7 heteroatoms. The highest BCUT2D eigenvalue weighted by Crippen LogP contribution is 2.29. The lowest BCUT2D eigenvalue weighted by Crippen LogP contribution is -2.43. The summed E-state index contributed by atoms with van der Waals surface area (Å²) in [7, 11) is 0. The van der Waals surface area contributed by atoms with Crippen LogP contribution >= 0.6 is 11.6 Å². The highest BCUT2D eigenvalue weighted by Gasteiger charge is 2.30. The molecule has 6 nitrogen and oxygen atoms in total. The molecule has 0 spiro atoms. The van der Waals surface area contributed by atoms with Gasteiger partial charge in [0.1, 0.15) is 5.82 Å². The van der Waals surface area contributed by atoms with E-state index in [0.29, 0.717) is 23.8 Å². The van der Waals surface area contributed by atoms with Gasteiger partial charge < -0.3 is 14.8 Å². The van der Waals surface area contributed by atoms with Crippen LogP contribution in [0, 0.1) is 20.8 Å². The van der Waals surface area contributed by atoms with Gasteiger partial charge >= 0.3 is 6.03 Å². The van der Waals surface area contributed by atoms with Crippen LogP contribution in [0.4, 0.5) is 10.5 Å². The Labute approximate surface area is 140 Å². The first-order valence-corrected chi connectivity index (χ1v) is 8.00. The van der Waals surface area contributed by atoms with Crippen molar-refractivity contribution in [2.24, 2.45) is 0 Å². The van der Waals surface area contributed by atoms with Crippen LogP contribution in [-0.4, -0.2) is 32.2 Å². The Morgan fingerprint density at radius 2 is 2.00 bits per heavy atom. The Bertz CT molecular complexity index is 747. The summed E-state index contributed by atoms with van der Waals surface area (Å²) in [5.74, 6) is 1.69. The third-order valence-electron chi connectivity index (χ3n) is 4.29. The van der Waals surface area contributed by atoms with Crippen LogP contribution in [-0.2, 0) is 6.54 Å². The number of anilines is 1. The topological polar surface area (TPSA) is 63.1 Å². The third kappa shape index (κ3) is 2.79. The number of nitrogens with one attached hydrogen (secondary N) is 1. The molecule has 0 radical (unpaired) electrons. The minimum atomic E-state index is -0.168. The van der Waals surface area contributed by atoms with E-state index in [1.165, 1.54) is 0 Å². The monoisotopic (exact) mass is 333 g/mol. The maximum atomic E-state index is 12.7. The highest BCUT2D eigenvalue weighted by atomic mass is 35.5. The maximum absolute atomic E-state index is 12.7. The van der Waals surface area contributed by atoms with Gasteiger partial charge in [-0.2, -0.15) is 0 Å². The second-order valence-electron chi connectivity index (χ2n) is 6.00. The number of aromatic nitrogens is 3. The molecular formula is C16H20ClN5O. The van der Waals surface area contributed by atoms with Crippen molar-refractivity contribution in [3.63, 3.8) is 0 Å². The summed E-state index contributed by atoms with van der Waals surface area (Å²) in [4.78, 5) is 14.4. The van der Waals surface area contributed by atoms with Crippen molar-refractivity contribution < 1.29 is 4.79 Å². The molecule has 2 aromatic rings. The second-order valence-corrected chi connectivity index (χ2v) is 6.40. The van der Waals surface area contributed by atoms with Crippen LogP contribution < -0.4 is 5.32 Å². The largest absolute Gasteiger partial charge is 0.322 e. The van der Waals surface area contributed by atoms with Crippen LogP contribution in [0.5, 0.6) is 0 Å². The van der Waals surface area contributed by atoms with E-state index in [1.807, 2.05) is 39.8 Å². The first-order valence-electron chi connectivity index (χ1n) is 7.62. The minimum absolute atomic E-state index is 0.130. The first-order chi connectivity index (χ1) is 10.9. The quantitative estimate of drug-likeness (QED) is 0.869. The van der Waals surface area contributed by atoms with Crippen LogP contribution in [0.1, 0.15) is 35.7 Å². The molecule has 122 valence electrons. The summed E-state index contributed by atoms with van der Waals surface area (Å²) in [6.07, 6.45) is 0. The van der Waals surface area contributed by atoms with Gasteiger partial charge in [-0.3, -0.25) is 0 Å². The van der Waals surface area contributed by atoms with Crippen LogP contribution in [0.2, 0.25) is 5.02 Å². The van der Waals surface area contributed by atoms with Gasteiger partial charge in [-0.15, -0.1) is 10.2 Å². The standard InChI is InChI=1S/C16H20ClN5O/c1-9-7-10(2)14(13(17)8-9)18-16(23)21-5-6-22-12(4)19-20-15(22)11(21)3/h7-8,11H,5-6H2,1-4H3,(H,18,23). The zero-order valence-electron chi connectivity index (χ0n) is 13.7. The van der Waals surface area contributed by atoms with E-state index in [1.54, 1.807) is 4.90 Å². The smallest absolute Gasteiger partial charge is 0.313 e. The molecule has 3 rings (SSSR count). The van der Waals surface area contributed by atoms with Gasteiger partial charge in [0.25, 0.3) is 0 Å². The van der Waals surface area contributed by atoms with E-state index in [4.69, 9.17) is 11.6 Å². The fraction of sp³-hybridized carbons (Fsp3) is 0.438. The number of halogens is 1. The Morgan fingerprint density at radius 3 is 2.70 bits per heavy atom. The molecule has 0 bridgehead atoms. The average Bonchev–Trinajstić information content (AvgIpc) is 2.85. The SMILES string of the molecule is Cc1cc(C)c(NC(=O)N2CCn3c(C)nnc3C2C)c(Cl)c1. The predicted molar refractivity (Wildman–Crippen MR) is 89.8 cm³/mol. The van der Waals surface area contributed by atoms with Gasteiger partial charge in [0.15, 0.2) is 5.82 Å². The van der Waals surface area contributed by atoms with Crippen molar-refractivity contribution in [2.45, 2.75) is 40.3 Å². The third-order valence-corrected chi connectivity index (χ3v) is 4.59. The Kier molecular flexibility index (Phi) is 4.02. The van der Waals surface area contributed by atoms with E-state index in [2.05, 4.69) is 20.1 Å². The zero-order chi connectivity index (χ0) is 16.7. The van der Waals surface area contributed by atoms with E-state index < -0.39 is 0 Å². The summed E-state index contributed by atoms with van der Waals surface area (Å²) in [6.45, 7) is 9.12. The number of urea groups is 1. The number of amides is 2. The molecule has 1 unspecified atom stereocenters. The van der Waals surface area contributed by atoms with Crippen molar-refractivity contribution in [1.29, 1.82) is 0 Å². The lowest BCUT2D eigenvalue weighted by atomic mass is 10.1. The number of benzene rings is 1. The van der Waals surface area contributed by atoms with Crippen molar-refractivity contribution in [2.75, 3.05) is 11.9 Å². The van der Waals surface area contributed by atoms with Gasteiger partial charge in [0.05, 0.1) is 16.8 Å². The van der Waals surface area contributed by atoms with E-state index in [-0.39, 0.29) is 12.1 Å². The molecule has 0 fully saturated rings. The number of carbonyl (C=O) groups is 1. The van der Waals surface area contributed by atoms with Gasteiger partial charge in [0.2, 0.25) is 0 Å². The molecule has 1 aliphatic heterocycles. The lowest BCUT2D eigenvalue weighted by molar-refractivity contribution is 0.172. The highest BCUT2D eigenvalue weighted by molar-refractivity contribution is 6.34. The number of hydrogen-bond donors (Lipinski definition) is 1. The van der Waals surface area contributed by atoms with Crippen molar-refractivity contribution in [3.8, 4) is 0 Å². The zero-order valence-corrected chi connectivity index (χ0v) is 14.5. The number of carbonyl (C=O) groups excluding carboxylic acids is 1. The summed E-state index contributed by atoms with van der Waals surface area (Å²) in [5, 5.41) is 11.8. The summed E-state index contributed by atoms with van der Waals surface area (Å²) in [5.41, 5.74) is 2.69. The summed E-state index contributed by atoms with van der Waals surface area (Å²) >= 11 is 6.28. The molecule has 0 saturated heterocycles. The maximum Gasteiger partial charge on any atom is 0.322 e. The van der Waals surface area contributed by atoms with E-state index >= 15 is 0 Å². The molecule has 1 atom stereocenters. The van der Waals surface area contributed by atoms with E-state index in [0.717, 1.165) is 22.8 Å². The molecular weight excluding hydrogens is 314 g/mol. The second kappa shape index (κ2) is 5.85. The Balaban J connectivity index is 1.82. The molecule has 0 aliphatic carbocycles. The fourth-order valence-corrected chi connectivity index (χ4v) is 3.42. The Hall–Kier alpha value is -2.08. The molecule has 2 heterocycles. The van der Waals surface area contributed by atoms with Crippen LogP contribution in [0.15, 0.2) is 12.1 Å². The molecule has 2 amide bonds. The number of fused-ring (bicyclic) bond motifs is 1. The molecule has 1 aromatic carbocycles. The summed E-state index contributed by atoms with van der Waals surface area (Å²) < 4.78 is 2.05. The van der Waals surface area contributed by atoms with Crippen molar-refractivity contribution in [3.05, 3.63) is 39.9 Å². The molecule has 1 aromatic heterocycles. The molecule has 1 aliphatic rings. The number of hydrogen-bond acceptors (Lipinski definition) is 3. The van der Waals surface area contributed by atoms with E-state index in [9.17, 15) is 4.79 Å². The average molecular weight is 334 g/mol. The lowest BCUT2D eigenvalue weighted by Gasteiger charge is -2.33. The van der Waals surface area contributed by atoms with Gasteiger partial charge in [-0.25, -0.2) is 4.79 Å².